The lowest BCUT2D eigenvalue weighted by molar-refractivity contribution is -0.158. The Morgan fingerprint density at radius 1 is 1.05 bits per heavy atom. The Morgan fingerprint density at radius 2 is 1.78 bits per heavy atom. The van der Waals surface area contributed by atoms with Crippen LogP contribution in [0, 0.1) is 23.2 Å². The normalized spacial score (nSPS) is 25.1. The second-order valence-corrected chi connectivity index (χ2v) is 10.0. The summed E-state index contributed by atoms with van der Waals surface area (Å²) in [6.07, 6.45) is 2.60. The zero-order valence-corrected chi connectivity index (χ0v) is 22.5. The first-order valence-electron chi connectivity index (χ1n) is 13.2. The molecule has 1 saturated heterocycles. The zero-order valence-electron chi connectivity index (χ0n) is 22.5. The van der Waals surface area contributed by atoms with Crippen molar-refractivity contribution in [2.75, 3.05) is 0 Å². The van der Waals surface area contributed by atoms with E-state index in [1.807, 2.05) is 20.8 Å². The van der Waals surface area contributed by atoms with Crippen LogP contribution in [0.2, 0.25) is 0 Å². The predicted molar refractivity (Wildman–Crippen MR) is 139 cm³/mol. The van der Waals surface area contributed by atoms with Gasteiger partial charge in [-0.2, -0.15) is 5.26 Å². The molecule has 202 valence electrons. The van der Waals surface area contributed by atoms with Crippen LogP contribution in [0.1, 0.15) is 77.8 Å². The molecular weight excluding hydrogens is 472 g/mol. The fraction of sp³-hybridized carbons (Fsp3) is 0.607. The molecule has 6 atom stereocenters. The lowest BCUT2D eigenvalue weighted by Gasteiger charge is -2.29. The second-order valence-electron chi connectivity index (χ2n) is 10.0. The molecule has 3 N–H and O–H groups in total. The largest absolute Gasteiger partial charge is 0.460 e. The van der Waals surface area contributed by atoms with Gasteiger partial charge in [-0.3, -0.25) is 14.4 Å². The summed E-state index contributed by atoms with van der Waals surface area (Å²) in [4.78, 5) is 52.5. The summed E-state index contributed by atoms with van der Waals surface area (Å²) in [5.41, 5.74) is 1.13. The van der Waals surface area contributed by atoms with E-state index in [1.54, 1.807) is 24.3 Å². The Hall–Kier alpha value is -3.41. The maximum atomic E-state index is 13.2. The number of benzene rings is 1. The molecule has 1 heterocycles. The van der Waals surface area contributed by atoms with Gasteiger partial charge in [0.05, 0.1) is 18.1 Å². The summed E-state index contributed by atoms with van der Waals surface area (Å²) in [7, 11) is 0. The number of carbonyl (C=O) groups excluding carboxylic acids is 4. The van der Waals surface area contributed by atoms with Crippen molar-refractivity contribution in [2.24, 2.45) is 11.8 Å². The predicted octanol–water partition coefficient (Wildman–Crippen LogP) is 2.76. The average Bonchev–Trinajstić information content (AvgIpc) is 2.88. The summed E-state index contributed by atoms with van der Waals surface area (Å²) in [5, 5.41) is 17.4. The van der Waals surface area contributed by atoms with Gasteiger partial charge in [-0.1, -0.05) is 59.1 Å². The van der Waals surface area contributed by atoms with Gasteiger partial charge in [0.2, 0.25) is 17.7 Å². The van der Waals surface area contributed by atoms with Crippen molar-refractivity contribution in [3.8, 4) is 6.07 Å². The Bertz CT molecular complexity index is 1000. The number of nitriles is 1. The van der Waals surface area contributed by atoms with Crippen LogP contribution in [0.4, 0.5) is 0 Å². The monoisotopic (exact) mass is 512 g/mol. The lowest BCUT2D eigenvalue weighted by Crippen LogP contribution is -2.55. The molecule has 1 fully saturated rings. The molecule has 0 aromatic heterocycles. The molecule has 9 nitrogen and oxygen atoms in total. The Labute approximate surface area is 219 Å². The van der Waals surface area contributed by atoms with Crippen LogP contribution in [-0.4, -0.2) is 47.9 Å². The van der Waals surface area contributed by atoms with Crippen LogP contribution < -0.4 is 16.0 Å². The molecule has 1 aliphatic heterocycles. The second kappa shape index (κ2) is 14.4. The highest BCUT2D eigenvalue weighted by Crippen LogP contribution is 2.21. The number of unbranched alkanes of at least 4 members (excludes halogenated alkanes) is 1. The number of ether oxygens (including phenoxy) is 1. The van der Waals surface area contributed by atoms with Crippen molar-refractivity contribution >= 4 is 23.7 Å². The van der Waals surface area contributed by atoms with E-state index in [1.165, 1.54) is 6.92 Å². The molecule has 0 saturated carbocycles. The van der Waals surface area contributed by atoms with Crippen LogP contribution in [-0.2, 0) is 30.3 Å². The van der Waals surface area contributed by atoms with Gasteiger partial charge in [0.1, 0.15) is 24.2 Å². The first-order valence-corrected chi connectivity index (χ1v) is 13.2. The molecule has 37 heavy (non-hydrogen) atoms. The quantitative estimate of drug-likeness (QED) is 0.458. The summed E-state index contributed by atoms with van der Waals surface area (Å²) in [5.74, 6) is -2.34. The van der Waals surface area contributed by atoms with E-state index in [2.05, 4.69) is 28.9 Å². The molecule has 0 bridgehead atoms. The minimum Gasteiger partial charge on any atom is -0.460 e. The van der Waals surface area contributed by atoms with Gasteiger partial charge in [-0.15, -0.1) is 0 Å². The number of cyclic esters (lactones) is 1. The minimum absolute atomic E-state index is 0.0911. The first kappa shape index (κ1) is 29.8. The minimum atomic E-state index is -0.981. The van der Waals surface area contributed by atoms with Crippen LogP contribution in [0.15, 0.2) is 24.3 Å². The molecule has 2 rings (SSSR count). The van der Waals surface area contributed by atoms with E-state index < -0.39 is 47.9 Å². The molecular formula is C28H40N4O5. The number of amides is 3. The number of esters is 1. The molecule has 0 aliphatic carbocycles. The Kier molecular flexibility index (Phi) is 11.6. The standard InChI is InChI=1S/C28H40N4O5/c1-6-8-10-18(4)23-15-24(33)31-22(14-20-11-9-12-21(13-20)16-29)27(35)30-19(5)26(34)32-25(17(3)7-2)28(36)37-23/h9,11-13,17-19,22-23,25H,6-8,10,14-15H2,1-5H3,(H,30,35)(H,31,33)(H,32,34)/t17-,18+,19+,22+,23+,25-/m1/s1. The van der Waals surface area contributed by atoms with Crippen molar-refractivity contribution in [3.63, 3.8) is 0 Å². The van der Waals surface area contributed by atoms with Crippen molar-refractivity contribution < 1.29 is 23.9 Å². The lowest BCUT2D eigenvalue weighted by atomic mass is 9.94. The van der Waals surface area contributed by atoms with Crippen molar-refractivity contribution in [1.82, 2.24) is 16.0 Å². The number of nitrogens with zero attached hydrogens (tertiary/aromatic N) is 1. The van der Waals surface area contributed by atoms with E-state index in [9.17, 15) is 24.4 Å². The van der Waals surface area contributed by atoms with E-state index in [0.717, 1.165) is 19.3 Å². The number of hydrogen-bond acceptors (Lipinski definition) is 6. The molecule has 0 spiro atoms. The van der Waals surface area contributed by atoms with Gasteiger partial charge in [0, 0.05) is 6.42 Å². The summed E-state index contributed by atoms with van der Waals surface area (Å²) >= 11 is 0. The van der Waals surface area contributed by atoms with Crippen molar-refractivity contribution in [2.45, 2.75) is 97.4 Å². The van der Waals surface area contributed by atoms with E-state index in [0.29, 0.717) is 17.5 Å². The zero-order chi connectivity index (χ0) is 27.5. The van der Waals surface area contributed by atoms with Crippen LogP contribution in [0.25, 0.3) is 0 Å². The van der Waals surface area contributed by atoms with Crippen molar-refractivity contribution in [3.05, 3.63) is 35.4 Å². The number of nitrogens with one attached hydrogen (secondary N) is 3. The number of carbonyl (C=O) groups is 4. The van der Waals surface area contributed by atoms with Gasteiger partial charge in [0.25, 0.3) is 0 Å². The highest BCUT2D eigenvalue weighted by Gasteiger charge is 2.35. The van der Waals surface area contributed by atoms with Gasteiger partial charge in [-0.25, -0.2) is 4.79 Å². The number of hydrogen-bond donors (Lipinski definition) is 3. The van der Waals surface area contributed by atoms with Crippen LogP contribution >= 0.6 is 0 Å². The van der Waals surface area contributed by atoms with Gasteiger partial charge in [-0.05, 0) is 42.9 Å². The summed E-state index contributed by atoms with van der Waals surface area (Å²) in [6, 6.07) is 6.04. The third-order valence-electron chi connectivity index (χ3n) is 6.97. The average molecular weight is 513 g/mol. The fourth-order valence-electron chi connectivity index (χ4n) is 4.27. The summed E-state index contributed by atoms with van der Waals surface area (Å²) < 4.78 is 5.87. The molecule has 1 aromatic carbocycles. The molecule has 1 aromatic rings. The molecule has 0 radical (unpaired) electrons. The SMILES string of the molecule is CCCC[C@H](C)[C@@H]1CC(=O)N[C@@H](Cc2cccc(C#N)c2)C(=O)N[C@@H](C)C(=O)N[C@H]([C@H](C)CC)C(=O)O1. The molecule has 0 unspecified atom stereocenters. The van der Waals surface area contributed by atoms with Gasteiger partial charge >= 0.3 is 5.97 Å². The van der Waals surface area contributed by atoms with Gasteiger partial charge < -0.3 is 20.7 Å². The summed E-state index contributed by atoms with van der Waals surface area (Å²) in [6.45, 7) is 9.29. The van der Waals surface area contributed by atoms with E-state index >= 15 is 0 Å². The fourth-order valence-corrected chi connectivity index (χ4v) is 4.27. The first-order chi connectivity index (χ1) is 17.6. The van der Waals surface area contributed by atoms with Crippen LogP contribution in [0.3, 0.4) is 0 Å². The Morgan fingerprint density at radius 3 is 2.43 bits per heavy atom. The highest BCUT2D eigenvalue weighted by molar-refractivity contribution is 5.94. The molecule has 1 aliphatic rings. The Balaban J connectivity index is 2.40. The smallest absolute Gasteiger partial charge is 0.329 e. The van der Waals surface area contributed by atoms with E-state index in [-0.39, 0.29) is 24.7 Å². The van der Waals surface area contributed by atoms with Gasteiger partial charge in [0.15, 0.2) is 0 Å². The van der Waals surface area contributed by atoms with Crippen LogP contribution in [0.5, 0.6) is 0 Å². The molecule has 3 amide bonds. The topological polar surface area (TPSA) is 137 Å². The third kappa shape index (κ3) is 8.88. The maximum Gasteiger partial charge on any atom is 0.329 e. The van der Waals surface area contributed by atoms with Crippen molar-refractivity contribution in [1.29, 1.82) is 5.26 Å². The third-order valence-corrected chi connectivity index (χ3v) is 6.97. The molecule has 9 heteroatoms. The highest BCUT2D eigenvalue weighted by atomic mass is 16.5. The maximum absolute atomic E-state index is 13.2. The van der Waals surface area contributed by atoms with E-state index in [4.69, 9.17) is 4.74 Å². The number of rotatable bonds is 8.